The molecule has 0 bridgehead atoms. The van der Waals surface area contributed by atoms with E-state index in [1.54, 1.807) is 12.1 Å². The highest BCUT2D eigenvalue weighted by Crippen LogP contribution is 2.13. The quantitative estimate of drug-likeness (QED) is 0.526. The summed E-state index contributed by atoms with van der Waals surface area (Å²) in [5, 5.41) is 2.52. The fourth-order valence-corrected chi connectivity index (χ4v) is 1.17. The molecule has 1 amide bonds. The standard InChI is InChI=1S/C11H12N2O/c1-3-11(12,13-9(2)14)10-7-5-4-6-8-10/h1,4-8H,12H2,2H3,(H,13,14)/t11-/m1/s1. The van der Waals surface area contributed by atoms with Crippen molar-refractivity contribution in [2.75, 3.05) is 0 Å². The molecule has 0 fully saturated rings. The van der Waals surface area contributed by atoms with E-state index in [4.69, 9.17) is 12.2 Å². The molecule has 0 aromatic heterocycles. The summed E-state index contributed by atoms with van der Waals surface area (Å²) in [7, 11) is 0. The molecule has 1 atom stereocenters. The minimum absolute atomic E-state index is 0.255. The lowest BCUT2D eigenvalue weighted by Gasteiger charge is -2.24. The van der Waals surface area contributed by atoms with Gasteiger partial charge in [0.05, 0.1) is 0 Å². The Morgan fingerprint density at radius 1 is 1.50 bits per heavy atom. The van der Waals surface area contributed by atoms with Gasteiger partial charge in [0.25, 0.3) is 0 Å². The molecular weight excluding hydrogens is 176 g/mol. The number of carbonyl (C=O) groups excluding carboxylic acids is 1. The van der Waals surface area contributed by atoms with E-state index >= 15 is 0 Å². The first kappa shape index (κ1) is 10.3. The second-order valence-corrected chi connectivity index (χ2v) is 3.00. The van der Waals surface area contributed by atoms with Crippen molar-refractivity contribution < 1.29 is 4.79 Å². The van der Waals surface area contributed by atoms with E-state index in [2.05, 4.69) is 11.2 Å². The summed E-state index contributed by atoms with van der Waals surface area (Å²) in [6.07, 6.45) is 5.30. The van der Waals surface area contributed by atoms with E-state index < -0.39 is 5.66 Å². The third kappa shape index (κ3) is 2.12. The number of hydrogen-bond donors (Lipinski definition) is 2. The number of terminal acetylenes is 1. The van der Waals surface area contributed by atoms with E-state index in [1.807, 2.05) is 18.2 Å². The van der Waals surface area contributed by atoms with Gasteiger partial charge in [0.2, 0.25) is 5.91 Å². The molecule has 0 spiro atoms. The van der Waals surface area contributed by atoms with Crippen LogP contribution in [0.3, 0.4) is 0 Å². The van der Waals surface area contributed by atoms with Crippen LogP contribution in [0.2, 0.25) is 0 Å². The lowest BCUT2D eigenvalue weighted by atomic mass is 10.0. The summed E-state index contributed by atoms with van der Waals surface area (Å²) >= 11 is 0. The van der Waals surface area contributed by atoms with Gasteiger partial charge < -0.3 is 5.32 Å². The Hall–Kier alpha value is -1.79. The monoisotopic (exact) mass is 188 g/mol. The van der Waals surface area contributed by atoms with Crippen molar-refractivity contribution in [2.45, 2.75) is 12.6 Å². The van der Waals surface area contributed by atoms with Gasteiger partial charge in [0.15, 0.2) is 5.66 Å². The molecule has 0 saturated carbocycles. The maximum Gasteiger partial charge on any atom is 0.219 e. The van der Waals surface area contributed by atoms with Crippen molar-refractivity contribution in [3.8, 4) is 12.3 Å². The van der Waals surface area contributed by atoms with Crippen LogP contribution in [0.25, 0.3) is 0 Å². The molecule has 14 heavy (non-hydrogen) atoms. The summed E-state index contributed by atoms with van der Waals surface area (Å²) in [4.78, 5) is 10.9. The number of benzene rings is 1. The van der Waals surface area contributed by atoms with Crippen LogP contribution in [0.4, 0.5) is 0 Å². The van der Waals surface area contributed by atoms with E-state index in [-0.39, 0.29) is 5.91 Å². The predicted octanol–water partition coefficient (Wildman–Crippen LogP) is 0.567. The van der Waals surface area contributed by atoms with Gasteiger partial charge in [-0.3, -0.25) is 10.5 Å². The van der Waals surface area contributed by atoms with Crippen molar-refractivity contribution in [3.05, 3.63) is 35.9 Å². The van der Waals surface area contributed by atoms with Crippen LogP contribution in [-0.2, 0) is 10.5 Å². The molecule has 1 rings (SSSR count). The number of hydrogen-bond acceptors (Lipinski definition) is 2. The van der Waals surface area contributed by atoms with Crippen LogP contribution >= 0.6 is 0 Å². The number of amides is 1. The molecule has 1 aromatic rings. The molecule has 0 aliphatic carbocycles. The number of nitrogens with one attached hydrogen (secondary N) is 1. The predicted molar refractivity (Wildman–Crippen MR) is 55.0 cm³/mol. The molecule has 0 saturated heterocycles. The molecule has 3 heteroatoms. The summed E-state index contributed by atoms with van der Waals surface area (Å²) in [6, 6.07) is 9.03. The average molecular weight is 188 g/mol. The first-order valence-corrected chi connectivity index (χ1v) is 4.19. The Morgan fingerprint density at radius 3 is 2.50 bits per heavy atom. The molecule has 3 nitrogen and oxygen atoms in total. The van der Waals surface area contributed by atoms with Crippen molar-refractivity contribution in [1.82, 2.24) is 5.32 Å². The van der Waals surface area contributed by atoms with Gasteiger partial charge in [-0.15, -0.1) is 6.42 Å². The van der Waals surface area contributed by atoms with E-state index in [0.29, 0.717) is 5.56 Å². The Balaban J connectivity index is 3.03. The van der Waals surface area contributed by atoms with Crippen molar-refractivity contribution in [2.24, 2.45) is 5.73 Å². The molecule has 3 N–H and O–H groups in total. The van der Waals surface area contributed by atoms with Crippen molar-refractivity contribution in [1.29, 1.82) is 0 Å². The Kier molecular flexibility index (Phi) is 2.90. The second kappa shape index (κ2) is 3.95. The van der Waals surface area contributed by atoms with Crippen LogP contribution in [0.1, 0.15) is 12.5 Å². The molecule has 0 aliphatic rings. The maximum atomic E-state index is 10.9. The highest BCUT2D eigenvalue weighted by Gasteiger charge is 2.24. The third-order valence-electron chi connectivity index (χ3n) is 1.83. The van der Waals surface area contributed by atoms with Gasteiger partial charge in [-0.2, -0.15) is 0 Å². The molecule has 1 aromatic carbocycles. The minimum Gasteiger partial charge on any atom is -0.324 e. The van der Waals surface area contributed by atoms with Crippen LogP contribution < -0.4 is 11.1 Å². The van der Waals surface area contributed by atoms with Gasteiger partial charge in [0.1, 0.15) is 0 Å². The lowest BCUT2D eigenvalue weighted by molar-refractivity contribution is -0.120. The van der Waals surface area contributed by atoms with Gasteiger partial charge in [-0.05, 0) is 0 Å². The molecule has 0 aliphatic heterocycles. The zero-order chi connectivity index (χ0) is 10.6. The van der Waals surface area contributed by atoms with Crippen LogP contribution in [0.15, 0.2) is 30.3 Å². The van der Waals surface area contributed by atoms with Crippen molar-refractivity contribution in [3.63, 3.8) is 0 Å². The third-order valence-corrected chi connectivity index (χ3v) is 1.83. The van der Waals surface area contributed by atoms with Gasteiger partial charge in [-0.1, -0.05) is 36.3 Å². The van der Waals surface area contributed by atoms with Gasteiger partial charge >= 0.3 is 0 Å². The fourth-order valence-electron chi connectivity index (χ4n) is 1.17. The SMILES string of the molecule is C#C[C@@](N)(NC(C)=O)c1ccccc1. The van der Waals surface area contributed by atoms with Crippen molar-refractivity contribution >= 4 is 5.91 Å². The lowest BCUT2D eigenvalue weighted by Crippen LogP contribution is -2.51. The average Bonchev–Trinajstić information content (AvgIpc) is 2.18. The van der Waals surface area contributed by atoms with Gasteiger partial charge in [0, 0.05) is 12.5 Å². The zero-order valence-corrected chi connectivity index (χ0v) is 7.95. The van der Waals surface area contributed by atoms with Crippen LogP contribution in [-0.4, -0.2) is 5.91 Å². The minimum atomic E-state index is -1.22. The first-order valence-electron chi connectivity index (χ1n) is 4.19. The number of carbonyl (C=O) groups is 1. The Morgan fingerprint density at radius 2 is 2.07 bits per heavy atom. The van der Waals surface area contributed by atoms with Crippen LogP contribution in [0, 0.1) is 12.3 Å². The fraction of sp³-hybridized carbons (Fsp3) is 0.182. The summed E-state index contributed by atoms with van der Waals surface area (Å²) in [6.45, 7) is 1.38. The molecule has 0 radical (unpaired) electrons. The van der Waals surface area contributed by atoms with E-state index in [9.17, 15) is 4.79 Å². The molecule has 0 heterocycles. The smallest absolute Gasteiger partial charge is 0.219 e. The summed E-state index contributed by atoms with van der Waals surface area (Å²) in [5.74, 6) is 2.12. The summed E-state index contributed by atoms with van der Waals surface area (Å²) < 4.78 is 0. The largest absolute Gasteiger partial charge is 0.324 e. The maximum absolute atomic E-state index is 10.9. The Bertz CT molecular complexity index is 367. The molecular formula is C11H12N2O. The van der Waals surface area contributed by atoms with E-state index in [1.165, 1.54) is 6.92 Å². The highest BCUT2D eigenvalue weighted by molar-refractivity contribution is 5.74. The Labute approximate surface area is 83.3 Å². The van der Waals surface area contributed by atoms with Gasteiger partial charge in [-0.25, -0.2) is 0 Å². The highest BCUT2D eigenvalue weighted by atomic mass is 16.1. The summed E-state index contributed by atoms with van der Waals surface area (Å²) in [5.41, 5.74) is 5.33. The second-order valence-electron chi connectivity index (χ2n) is 3.00. The first-order chi connectivity index (χ1) is 6.58. The van der Waals surface area contributed by atoms with E-state index in [0.717, 1.165) is 0 Å². The molecule has 0 unspecified atom stereocenters. The molecule has 72 valence electrons. The zero-order valence-electron chi connectivity index (χ0n) is 7.95. The topological polar surface area (TPSA) is 55.1 Å². The number of nitrogens with two attached hydrogens (primary N) is 1. The normalized spacial score (nSPS) is 13.8. The number of rotatable bonds is 2. The van der Waals surface area contributed by atoms with Crippen LogP contribution in [0.5, 0.6) is 0 Å².